The molecule has 0 N–H and O–H groups in total. The van der Waals surface area contributed by atoms with Crippen LogP contribution in [0.1, 0.15) is 47.4 Å². The van der Waals surface area contributed by atoms with Gasteiger partial charge in [-0.3, -0.25) is 9.78 Å². The van der Waals surface area contributed by atoms with Crippen molar-refractivity contribution in [3.63, 3.8) is 0 Å². The van der Waals surface area contributed by atoms with E-state index < -0.39 is 11.4 Å². The summed E-state index contributed by atoms with van der Waals surface area (Å²) >= 11 is 0. The topological polar surface area (TPSA) is 70.4 Å². The summed E-state index contributed by atoms with van der Waals surface area (Å²) in [7, 11) is 0. The van der Waals surface area contributed by atoms with E-state index in [1.54, 1.807) is 37.6 Å². The van der Waals surface area contributed by atoms with E-state index in [4.69, 9.17) is 9.47 Å². The lowest BCUT2D eigenvalue weighted by Gasteiger charge is -2.23. The third-order valence-corrected chi connectivity index (χ3v) is 5.20. The summed E-state index contributed by atoms with van der Waals surface area (Å²) in [4.78, 5) is 30.1. The molecule has 6 heteroatoms. The van der Waals surface area contributed by atoms with Crippen molar-refractivity contribution in [1.82, 2.24) is 9.55 Å². The standard InChI is InChI=1S/C24H24N2O4/c1-3-29-24(28)19-14-26(15-20(23(19)27)30-18-9-5-4-6-10-18)22(17-11-12-17)21-16(2)8-7-13-25-21/h4-10,13-15,17,22H,3,11-12H2,1-2H3/t22-/m0/s1. The van der Waals surface area contributed by atoms with Gasteiger partial charge in [-0.05, 0) is 56.4 Å². The molecule has 0 amide bonds. The van der Waals surface area contributed by atoms with Crippen molar-refractivity contribution in [3.05, 3.63) is 88.1 Å². The minimum atomic E-state index is -0.651. The van der Waals surface area contributed by atoms with Gasteiger partial charge in [0.2, 0.25) is 5.43 Å². The number of hydrogen-bond acceptors (Lipinski definition) is 5. The molecule has 2 aromatic heterocycles. The lowest BCUT2D eigenvalue weighted by atomic mass is 10.0. The molecule has 0 unspecified atom stereocenters. The molecule has 0 bridgehead atoms. The van der Waals surface area contributed by atoms with E-state index in [-0.39, 0.29) is 24.0 Å². The number of ether oxygens (including phenoxy) is 2. The van der Waals surface area contributed by atoms with Crippen LogP contribution in [0, 0.1) is 12.8 Å². The summed E-state index contributed by atoms with van der Waals surface area (Å²) < 4.78 is 12.9. The number of pyridine rings is 2. The van der Waals surface area contributed by atoms with Crippen LogP contribution in [0.25, 0.3) is 0 Å². The number of para-hydroxylation sites is 1. The molecule has 1 aromatic carbocycles. The molecule has 3 aromatic rings. The van der Waals surface area contributed by atoms with E-state index >= 15 is 0 Å². The van der Waals surface area contributed by atoms with Gasteiger partial charge in [-0.15, -0.1) is 0 Å². The first-order chi connectivity index (χ1) is 14.6. The Morgan fingerprint density at radius 2 is 1.93 bits per heavy atom. The number of nitrogens with zero attached hydrogens (tertiary/aromatic N) is 2. The molecule has 1 fully saturated rings. The molecule has 1 aliphatic carbocycles. The number of esters is 1. The summed E-state index contributed by atoms with van der Waals surface area (Å²) in [5.41, 5.74) is 1.48. The van der Waals surface area contributed by atoms with Gasteiger partial charge >= 0.3 is 5.97 Å². The minimum absolute atomic E-state index is 0.0375. The van der Waals surface area contributed by atoms with Gasteiger partial charge in [-0.1, -0.05) is 24.3 Å². The number of aryl methyl sites for hydroxylation is 1. The second kappa shape index (κ2) is 8.53. The van der Waals surface area contributed by atoms with Crippen LogP contribution in [0.4, 0.5) is 0 Å². The van der Waals surface area contributed by atoms with E-state index in [9.17, 15) is 9.59 Å². The average Bonchev–Trinajstić information content (AvgIpc) is 3.58. The van der Waals surface area contributed by atoms with Crippen molar-refractivity contribution in [2.24, 2.45) is 5.92 Å². The van der Waals surface area contributed by atoms with E-state index in [1.165, 1.54) is 0 Å². The number of carbonyl (C=O) groups is 1. The number of aromatic nitrogens is 2. The molecule has 1 aliphatic rings. The molecule has 1 atom stereocenters. The highest BCUT2D eigenvalue weighted by atomic mass is 16.5. The highest BCUT2D eigenvalue weighted by molar-refractivity contribution is 5.89. The van der Waals surface area contributed by atoms with Crippen LogP contribution in [0.15, 0.2) is 65.8 Å². The molecule has 0 aliphatic heterocycles. The fourth-order valence-corrected chi connectivity index (χ4v) is 3.60. The van der Waals surface area contributed by atoms with Crippen molar-refractivity contribution in [3.8, 4) is 11.5 Å². The Kier molecular flexibility index (Phi) is 5.65. The number of benzene rings is 1. The van der Waals surface area contributed by atoms with Gasteiger partial charge in [0.1, 0.15) is 11.3 Å². The Hall–Kier alpha value is -3.41. The molecule has 30 heavy (non-hydrogen) atoms. The van der Waals surface area contributed by atoms with E-state index in [0.29, 0.717) is 11.7 Å². The summed E-state index contributed by atoms with van der Waals surface area (Å²) in [6.45, 7) is 3.92. The van der Waals surface area contributed by atoms with Gasteiger partial charge < -0.3 is 14.0 Å². The monoisotopic (exact) mass is 404 g/mol. The maximum absolute atomic E-state index is 13.0. The molecular formula is C24H24N2O4. The minimum Gasteiger partial charge on any atom is -0.462 e. The largest absolute Gasteiger partial charge is 0.462 e. The molecule has 4 rings (SSSR count). The first-order valence-corrected chi connectivity index (χ1v) is 10.2. The Morgan fingerprint density at radius 1 is 1.17 bits per heavy atom. The third-order valence-electron chi connectivity index (χ3n) is 5.20. The molecule has 0 spiro atoms. The van der Waals surface area contributed by atoms with E-state index in [1.807, 2.05) is 41.8 Å². The van der Waals surface area contributed by atoms with Gasteiger partial charge in [0.25, 0.3) is 0 Å². The second-order valence-electron chi connectivity index (χ2n) is 7.44. The molecule has 6 nitrogen and oxygen atoms in total. The smallest absolute Gasteiger partial charge is 0.343 e. The van der Waals surface area contributed by atoms with Crippen LogP contribution in [0.3, 0.4) is 0 Å². The van der Waals surface area contributed by atoms with Gasteiger partial charge in [0, 0.05) is 12.4 Å². The molecule has 154 valence electrons. The van der Waals surface area contributed by atoms with Crippen molar-refractivity contribution in [2.75, 3.05) is 6.61 Å². The molecule has 0 radical (unpaired) electrons. The van der Waals surface area contributed by atoms with Crippen molar-refractivity contribution in [2.45, 2.75) is 32.7 Å². The second-order valence-corrected chi connectivity index (χ2v) is 7.44. The summed E-state index contributed by atoms with van der Waals surface area (Å²) in [5.74, 6) is 0.355. The SMILES string of the molecule is CCOC(=O)c1cn([C@H](c2ncccc2C)C2CC2)cc(Oc2ccccc2)c1=O. The third kappa shape index (κ3) is 4.13. The van der Waals surface area contributed by atoms with Crippen LogP contribution < -0.4 is 10.2 Å². The molecule has 0 saturated heterocycles. The lowest BCUT2D eigenvalue weighted by molar-refractivity contribution is 0.0523. The molecule has 2 heterocycles. The Bertz CT molecular complexity index is 1100. The zero-order chi connectivity index (χ0) is 21.1. The van der Waals surface area contributed by atoms with Crippen molar-refractivity contribution >= 4 is 5.97 Å². The van der Waals surface area contributed by atoms with Crippen LogP contribution in [-0.4, -0.2) is 22.1 Å². The lowest BCUT2D eigenvalue weighted by Crippen LogP contribution is -2.24. The van der Waals surface area contributed by atoms with E-state index in [0.717, 1.165) is 24.1 Å². The zero-order valence-corrected chi connectivity index (χ0v) is 17.1. The molecule has 1 saturated carbocycles. The van der Waals surface area contributed by atoms with Crippen LogP contribution in [0.5, 0.6) is 11.5 Å². The predicted octanol–water partition coefficient (Wildman–Crippen LogP) is 4.52. The number of rotatable bonds is 7. The Labute approximate surface area is 175 Å². The summed E-state index contributed by atoms with van der Waals surface area (Å²) in [6, 6.07) is 12.9. The summed E-state index contributed by atoms with van der Waals surface area (Å²) in [5, 5.41) is 0. The number of carbonyl (C=O) groups excluding carboxylic acids is 1. The zero-order valence-electron chi connectivity index (χ0n) is 17.1. The van der Waals surface area contributed by atoms with Gasteiger partial charge in [0.15, 0.2) is 5.75 Å². The van der Waals surface area contributed by atoms with Crippen LogP contribution in [0.2, 0.25) is 0 Å². The Morgan fingerprint density at radius 3 is 2.60 bits per heavy atom. The fraction of sp³-hybridized carbons (Fsp3) is 0.292. The van der Waals surface area contributed by atoms with Crippen molar-refractivity contribution in [1.29, 1.82) is 0 Å². The highest BCUT2D eigenvalue weighted by Crippen LogP contribution is 2.44. The van der Waals surface area contributed by atoms with Crippen LogP contribution in [-0.2, 0) is 4.74 Å². The van der Waals surface area contributed by atoms with E-state index in [2.05, 4.69) is 4.98 Å². The first-order valence-electron chi connectivity index (χ1n) is 10.2. The highest BCUT2D eigenvalue weighted by Gasteiger charge is 2.36. The normalized spacial score (nSPS) is 14.2. The summed E-state index contributed by atoms with van der Waals surface area (Å²) in [6.07, 6.45) is 7.16. The average molecular weight is 404 g/mol. The van der Waals surface area contributed by atoms with Crippen LogP contribution >= 0.6 is 0 Å². The Balaban J connectivity index is 1.84. The maximum atomic E-state index is 13.0. The number of hydrogen-bond donors (Lipinski definition) is 0. The molecular weight excluding hydrogens is 380 g/mol. The fourth-order valence-electron chi connectivity index (χ4n) is 3.60. The quantitative estimate of drug-likeness (QED) is 0.542. The van der Waals surface area contributed by atoms with Gasteiger partial charge in [0.05, 0.1) is 24.5 Å². The first kappa shape index (κ1) is 19.9. The maximum Gasteiger partial charge on any atom is 0.343 e. The predicted molar refractivity (Wildman–Crippen MR) is 113 cm³/mol. The van der Waals surface area contributed by atoms with Gasteiger partial charge in [-0.25, -0.2) is 4.79 Å². The van der Waals surface area contributed by atoms with Gasteiger partial charge in [-0.2, -0.15) is 0 Å². The van der Waals surface area contributed by atoms with Crippen molar-refractivity contribution < 1.29 is 14.3 Å².